The number of carbonyl (C=O) groups excluding carboxylic acids is 1. The summed E-state index contributed by atoms with van der Waals surface area (Å²) in [6, 6.07) is 10.7. The van der Waals surface area contributed by atoms with Crippen molar-refractivity contribution < 1.29 is 17.6 Å². The summed E-state index contributed by atoms with van der Waals surface area (Å²) in [5.41, 5.74) is 3.58. The van der Waals surface area contributed by atoms with Crippen LogP contribution in [0.25, 0.3) is 0 Å². The molecule has 1 atom stereocenters. The SMILES string of the molecule is CCS(=O)(=O)Nc1ccc(C(C)c2cc(C)c(C(=O)c3ccc(F)cc3)[nH]2)nc1. The molecule has 1 aromatic carbocycles. The van der Waals surface area contributed by atoms with E-state index in [1.165, 1.54) is 30.5 Å². The number of benzene rings is 1. The predicted molar refractivity (Wildman–Crippen MR) is 110 cm³/mol. The monoisotopic (exact) mass is 415 g/mol. The second-order valence-corrected chi connectivity index (χ2v) is 8.83. The third-order valence-electron chi connectivity index (χ3n) is 4.72. The highest BCUT2D eigenvalue weighted by Crippen LogP contribution is 2.26. The molecule has 0 radical (unpaired) electrons. The minimum Gasteiger partial charge on any atom is -0.355 e. The summed E-state index contributed by atoms with van der Waals surface area (Å²) in [4.78, 5) is 20.2. The summed E-state index contributed by atoms with van der Waals surface area (Å²) >= 11 is 0. The first-order valence-electron chi connectivity index (χ1n) is 9.16. The van der Waals surface area contributed by atoms with Crippen LogP contribution < -0.4 is 4.72 Å². The Kier molecular flexibility index (Phi) is 5.83. The van der Waals surface area contributed by atoms with E-state index in [-0.39, 0.29) is 17.5 Å². The molecule has 3 aromatic rings. The van der Waals surface area contributed by atoms with Crippen LogP contribution in [0.5, 0.6) is 0 Å². The van der Waals surface area contributed by atoms with Gasteiger partial charge in [-0.05, 0) is 61.9 Å². The number of hydrogen-bond acceptors (Lipinski definition) is 4. The Morgan fingerprint density at radius 1 is 1.21 bits per heavy atom. The second kappa shape index (κ2) is 8.16. The summed E-state index contributed by atoms with van der Waals surface area (Å²) < 4.78 is 38.9. The lowest BCUT2D eigenvalue weighted by molar-refractivity contribution is 0.103. The number of rotatable bonds is 7. The maximum Gasteiger partial charge on any atom is 0.232 e. The molecule has 152 valence electrons. The minimum absolute atomic E-state index is 0.0161. The number of halogens is 1. The molecule has 0 aliphatic rings. The lowest BCUT2D eigenvalue weighted by Crippen LogP contribution is -2.14. The zero-order valence-corrected chi connectivity index (χ0v) is 17.2. The molecule has 0 aliphatic carbocycles. The van der Waals surface area contributed by atoms with Crippen LogP contribution >= 0.6 is 0 Å². The van der Waals surface area contributed by atoms with E-state index in [1.807, 2.05) is 19.9 Å². The average Bonchev–Trinajstić information content (AvgIpc) is 3.09. The number of ketones is 1. The van der Waals surface area contributed by atoms with Gasteiger partial charge in [0.25, 0.3) is 0 Å². The Balaban J connectivity index is 1.81. The number of sulfonamides is 1. The van der Waals surface area contributed by atoms with Gasteiger partial charge in [-0.25, -0.2) is 12.8 Å². The van der Waals surface area contributed by atoms with Crippen LogP contribution in [-0.4, -0.2) is 29.9 Å². The van der Waals surface area contributed by atoms with Crippen molar-refractivity contribution in [2.75, 3.05) is 10.5 Å². The van der Waals surface area contributed by atoms with Crippen LogP contribution in [0.1, 0.15) is 52.8 Å². The normalized spacial score (nSPS) is 12.6. The van der Waals surface area contributed by atoms with Crippen LogP contribution in [0.2, 0.25) is 0 Å². The average molecular weight is 415 g/mol. The number of anilines is 1. The van der Waals surface area contributed by atoms with E-state index >= 15 is 0 Å². The van der Waals surface area contributed by atoms with Crippen molar-refractivity contribution in [3.63, 3.8) is 0 Å². The molecule has 2 aromatic heterocycles. The Labute approximate surface area is 169 Å². The van der Waals surface area contributed by atoms with Crippen molar-refractivity contribution in [2.24, 2.45) is 0 Å². The number of aromatic amines is 1. The van der Waals surface area contributed by atoms with Crippen LogP contribution in [0.3, 0.4) is 0 Å². The number of hydrogen-bond donors (Lipinski definition) is 2. The highest BCUT2D eigenvalue weighted by Gasteiger charge is 2.19. The van der Waals surface area contributed by atoms with Gasteiger partial charge in [0, 0.05) is 22.9 Å². The largest absolute Gasteiger partial charge is 0.355 e. The Morgan fingerprint density at radius 2 is 1.90 bits per heavy atom. The molecule has 0 spiro atoms. The summed E-state index contributed by atoms with van der Waals surface area (Å²) in [6.45, 7) is 5.33. The molecule has 0 saturated heterocycles. The van der Waals surface area contributed by atoms with Crippen LogP contribution in [-0.2, 0) is 10.0 Å². The van der Waals surface area contributed by atoms with Crippen molar-refractivity contribution in [1.29, 1.82) is 0 Å². The van der Waals surface area contributed by atoms with E-state index in [0.29, 0.717) is 16.9 Å². The van der Waals surface area contributed by atoms with E-state index in [9.17, 15) is 17.6 Å². The van der Waals surface area contributed by atoms with Gasteiger partial charge in [0.1, 0.15) is 5.82 Å². The fourth-order valence-electron chi connectivity index (χ4n) is 2.93. The third-order valence-corrected chi connectivity index (χ3v) is 6.03. The van der Waals surface area contributed by atoms with Gasteiger partial charge < -0.3 is 4.98 Å². The van der Waals surface area contributed by atoms with Gasteiger partial charge in [-0.1, -0.05) is 6.92 Å². The molecular weight excluding hydrogens is 393 g/mol. The van der Waals surface area contributed by atoms with E-state index in [2.05, 4.69) is 14.7 Å². The second-order valence-electron chi connectivity index (χ2n) is 6.82. The molecule has 0 aliphatic heterocycles. The molecule has 0 fully saturated rings. The molecule has 1 unspecified atom stereocenters. The number of nitrogens with zero attached hydrogens (tertiary/aromatic N) is 1. The lowest BCUT2D eigenvalue weighted by atomic mass is 10.0. The van der Waals surface area contributed by atoms with E-state index in [4.69, 9.17) is 0 Å². The molecule has 3 rings (SSSR count). The number of aryl methyl sites for hydroxylation is 1. The predicted octanol–water partition coefficient (Wildman–Crippen LogP) is 4.00. The zero-order valence-electron chi connectivity index (χ0n) is 16.4. The third kappa shape index (κ3) is 4.71. The lowest BCUT2D eigenvalue weighted by Gasteiger charge is -2.11. The van der Waals surface area contributed by atoms with Crippen LogP contribution in [0.4, 0.5) is 10.1 Å². The van der Waals surface area contributed by atoms with Crippen LogP contribution in [0.15, 0.2) is 48.7 Å². The van der Waals surface area contributed by atoms with Crippen molar-refractivity contribution in [3.05, 3.63) is 82.7 Å². The van der Waals surface area contributed by atoms with E-state index in [0.717, 1.165) is 17.0 Å². The molecule has 29 heavy (non-hydrogen) atoms. The molecule has 8 heteroatoms. The molecule has 0 amide bonds. The molecule has 0 saturated carbocycles. The van der Waals surface area contributed by atoms with Crippen LogP contribution in [0, 0.1) is 12.7 Å². The number of carbonyl (C=O) groups is 1. The fraction of sp³-hybridized carbons (Fsp3) is 0.238. The summed E-state index contributed by atoms with van der Waals surface area (Å²) in [5, 5.41) is 0. The Bertz CT molecular complexity index is 1120. The molecule has 2 N–H and O–H groups in total. The zero-order chi connectivity index (χ0) is 21.2. The van der Waals surface area contributed by atoms with E-state index in [1.54, 1.807) is 19.1 Å². The first kappa shape index (κ1) is 20.7. The van der Waals surface area contributed by atoms with Gasteiger partial charge in [0.05, 0.1) is 23.3 Å². The highest BCUT2D eigenvalue weighted by atomic mass is 32.2. The van der Waals surface area contributed by atoms with E-state index < -0.39 is 15.8 Å². The maximum atomic E-state index is 13.1. The maximum absolute atomic E-state index is 13.1. The van der Waals surface area contributed by atoms with Crippen molar-refractivity contribution in [3.8, 4) is 0 Å². The van der Waals surface area contributed by atoms with Gasteiger partial charge in [-0.2, -0.15) is 0 Å². The molecule has 0 bridgehead atoms. The van der Waals surface area contributed by atoms with Gasteiger partial charge in [-0.15, -0.1) is 0 Å². The summed E-state index contributed by atoms with van der Waals surface area (Å²) in [5.74, 6) is -0.758. The minimum atomic E-state index is -3.36. The first-order chi connectivity index (χ1) is 13.7. The quantitative estimate of drug-likeness (QED) is 0.571. The van der Waals surface area contributed by atoms with Gasteiger partial charge in [0.15, 0.2) is 0 Å². The Hall–Kier alpha value is -3.00. The highest BCUT2D eigenvalue weighted by molar-refractivity contribution is 7.92. The topological polar surface area (TPSA) is 91.9 Å². The molecule has 6 nitrogen and oxygen atoms in total. The Morgan fingerprint density at radius 3 is 2.48 bits per heavy atom. The molecular formula is C21H22FN3O3S. The smallest absolute Gasteiger partial charge is 0.232 e. The van der Waals surface area contributed by atoms with Gasteiger partial charge >= 0.3 is 0 Å². The number of aromatic nitrogens is 2. The number of pyridine rings is 1. The summed E-state index contributed by atoms with van der Waals surface area (Å²) in [6.07, 6.45) is 1.47. The van der Waals surface area contributed by atoms with Crippen molar-refractivity contribution >= 4 is 21.5 Å². The van der Waals surface area contributed by atoms with Gasteiger partial charge in [0.2, 0.25) is 15.8 Å². The fourth-order valence-corrected chi connectivity index (χ4v) is 3.56. The van der Waals surface area contributed by atoms with Crippen molar-refractivity contribution in [2.45, 2.75) is 26.7 Å². The van der Waals surface area contributed by atoms with Gasteiger partial charge in [-0.3, -0.25) is 14.5 Å². The number of H-pyrrole nitrogens is 1. The first-order valence-corrected chi connectivity index (χ1v) is 10.8. The number of nitrogens with one attached hydrogen (secondary N) is 2. The standard InChI is InChI=1S/C21H22FN3O3S/c1-4-29(27,28)25-17-9-10-18(23-12-17)14(3)19-11-13(2)20(24-19)21(26)15-5-7-16(22)8-6-15/h5-12,14,24-25H,4H2,1-3H3. The van der Waals surface area contributed by atoms with Crippen molar-refractivity contribution in [1.82, 2.24) is 9.97 Å². The molecule has 2 heterocycles. The summed E-state index contributed by atoms with van der Waals surface area (Å²) in [7, 11) is -3.36.